The molecule has 0 amide bonds. The van der Waals surface area contributed by atoms with E-state index in [-0.39, 0.29) is 12.6 Å². The highest BCUT2D eigenvalue weighted by Crippen LogP contribution is 2.24. The summed E-state index contributed by atoms with van der Waals surface area (Å²) in [7, 11) is 0. The molecule has 92 valence electrons. The second-order valence-corrected chi connectivity index (χ2v) is 3.51. The number of imidazole rings is 1. The Balaban J connectivity index is 2.26. The number of aromatic nitrogens is 2. The fourth-order valence-electron chi connectivity index (χ4n) is 1.59. The van der Waals surface area contributed by atoms with Gasteiger partial charge in [0.25, 0.3) is 0 Å². The average molecular weight is 241 g/mol. The van der Waals surface area contributed by atoms with Crippen molar-refractivity contribution in [2.75, 3.05) is 6.61 Å². The van der Waals surface area contributed by atoms with Crippen molar-refractivity contribution >= 4 is 5.95 Å². The lowest BCUT2D eigenvalue weighted by atomic mass is 10.1. The summed E-state index contributed by atoms with van der Waals surface area (Å²) in [5.41, 5.74) is 0. The first kappa shape index (κ1) is 11.7. The van der Waals surface area contributed by atoms with Gasteiger partial charge >= 0.3 is 5.95 Å². The quantitative estimate of drug-likeness (QED) is 0.423. The first-order chi connectivity index (χ1) is 8.13. The summed E-state index contributed by atoms with van der Waals surface area (Å²) in [6, 6.07) is 0. The summed E-state index contributed by atoms with van der Waals surface area (Å²) >= 11 is 0. The van der Waals surface area contributed by atoms with E-state index < -0.39 is 23.4 Å². The third kappa shape index (κ3) is 2.18. The van der Waals surface area contributed by atoms with Crippen molar-refractivity contribution in [3.63, 3.8) is 0 Å². The Morgan fingerprint density at radius 2 is 2.35 bits per heavy atom. The maximum Gasteiger partial charge on any atom is 0.436 e. The SMILES string of the molecule is O=[N+]([O-])c1nccn1[C@@H]1C=C[C@@H](O)[C@H](CO)O1. The van der Waals surface area contributed by atoms with Crippen LogP contribution in [0, 0.1) is 10.1 Å². The first-order valence-corrected chi connectivity index (χ1v) is 4.93. The fourth-order valence-corrected chi connectivity index (χ4v) is 1.59. The van der Waals surface area contributed by atoms with Crippen molar-refractivity contribution in [3.8, 4) is 0 Å². The molecule has 3 atom stereocenters. The van der Waals surface area contributed by atoms with Crippen LogP contribution >= 0.6 is 0 Å². The van der Waals surface area contributed by atoms with Crippen molar-refractivity contribution in [3.05, 3.63) is 34.7 Å². The predicted molar refractivity (Wildman–Crippen MR) is 55.0 cm³/mol. The van der Waals surface area contributed by atoms with Gasteiger partial charge in [-0.25, -0.2) is 0 Å². The largest absolute Gasteiger partial charge is 0.436 e. The average Bonchev–Trinajstić information content (AvgIpc) is 2.78. The monoisotopic (exact) mass is 241 g/mol. The van der Waals surface area contributed by atoms with E-state index >= 15 is 0 Å². The van der Waals surface area contributed by atoms with E-state index in [1.807, 2.05) is 0 Å². The van der Waals surface area contributed by atoms with Crippen LogP contribution in [0.4, 0.5) is 5.95 Å². The van der Waals surface area contributed by atoms with Crippen LogP contribution in [0.3, 0.4) is 0 Å². The lowest BCUT2D eigenvalue weighted by Crippen LogP contribution is -2.36. The topological polar surface area (TPSA) is 111 Å². The molecule has 0 saturated heterocycles. The van der Waals surface area contributed by atoms with Crippen LogP contribution in [0.15, 0.2) is 24.5 Å². The minimum Gasteiger partial charge on any atom is -0.394 e. The van der Waals surface area contributed by atoms with Gasteiger partial charge in [-0.3, -0.25) is 0 Å². The van der Waals surface area contributed by atoms with Crippen LogP contribution in [-0.4, -0.2) is 43.5 Å². The van der Waals surface area contributed by atoms with Gasteiger partial charge in [-0.1, -0.05) is 11.1 Å². The molecule has 0 saturated carbocycles. The summed E-state index contributed by atoms with van der Waals surface area (Å²) in [5, 5.41) is 29.1. The highest BCUT2D eigenvalue weighted by molar-refractivity contribution is 5.12. The van der Waals surface area contributed by atoms with Gasteiger partial charge in [0, 0.05) is 0 Å². The van der Waals surface area contributed by atoms with Gasteiger partial charge in [-0.2, -0.15) is 4.57 Å². The van der Waals surface area contributed by atoms with E-state index in [1.54, 1.807) is 0 Å². The molecule has 8 nitrogen and oxygen atoms in total. The fraction of sp³-hybridized carbons (Fsp3) is 0.444. The number of nitrogens with zero attached hydrogens (tertiary/aromatic N) is 3. The summed E-state index contributed by atoms with van der Waals surface area (Å²) < 4.78 is 6.53. The number of rotatable bonds is 3. The Kier molecular flexibility index (Phi) is 3.18. The van der Waals surface area contributed by atoms with E-state index in [9.17, 15) is 15.2 Å². The Bertz CT molecular complexity index is 444. The normalized spacial score (nSPS) is 28.2. The smallest absolute Gasteiger partial charge is 0.394 e. The standard InChI is InChI=1S/C9H11N3O5/c13-5-7-6(14)1-2-8(17-7)11-4-3-10-9(11)12(15)16/h1-4,6-8,13-14H,5H2/t6-,7+,8+/m1/s1. The minimum atomic E-state index is -0.918. The molecule has 1 aliphatic rings. The van der Waals surface area contributed by atoms with Gasteiger partial charge in [0.15, 0.2) is 0 Å². The molecule has 1 aromatic heterocycles. The molecule has 2 rings (SSSR count). The predicted octanol–water partition coefficient (Wildman–Crippen LogP) is -0.402. The Hall–Kier alpha value is -1.77. The van der Waals surface area contributed by atoms with Gasteiger partial charge in [-0.05, 0) is 11.0 Å². The molecule has 17 heavy (non-hydrogen) atoms. The zero-order chi connectivity index (χ0) is 12.4. The van der Waals surface area contributed by atoms with Gasteiger partial charge in [-0.15, -0.1) is 0 Å². The van der Waals surface area contributed by atoms with E-state index in [0.717, 1.165) is 0 Å². The van der Waals surface area contributed by atoms with Crippen molar-refractivity contribution in [2.45, 2.75) is 18.4 Å². The number of hydrogen-bond donors (Lipinski definition) is 2. The highest BCUT2D eigenvalue weighted by Gasteiger charge is 2.30. The number of hydrogen-bond acceptors (Lipinski definition) is 6. The van der Waals surface area contributed by atoms with Gasteiger partial charge in [0.05, 0.1) is 6.61 Å². The maximum absolute atomic E-state index is 10.7. The molecule has 0 fully saturated rings. The molecule has 1 aliphatic heterocycles. The van der Waals surface area contributed by atoms with Crippen LogP contribution in [0.2, 0.25) is 0 Å². The molecule has 8 heteroatoms. The van der Waals surface area contributed by atoms with E-state index in [1.165, 1.54) is 29.1 Å². The van der Waals surface area contributed by atoms with Gasteiger partial charge < -0.3 is 25.1 Å². The Morgan fingerprint density at radius 1 is 1.59 bits per heavy atom. The zero-order valence-electron chi connectivity index (χ0n) is 8.71. The number of nitro groups is 1. The highest BCUT2D eigenvalue weighted by atomic mass is 16.6. The van der Waals surface area contributed by atoms with Crippen LogP contribution in [0.5, 0.6) is 0 Å². The molecular weight excluding hydrogens is 230 g/mol. The summed E-state index contributed by atoms with van der Waals surface area (Å²) in [6.07, 6.45) is 3.13. The summed E-state index contributed by atoms with van der Waals surface area (Å²) in [6.45, 7) is -0.371. The number of ether oxygens (including phenoxy) is 1. The van der Waals surface area contributed by atoms with Crippen LogP contribution in [-0.2, 0) is 4.74 Å². The van der Waals surface area contributed by atoms with Crippen LogP contribution < -0.4 is 0 Å². The first-order valence-electron chi connectivity index (χ1n) is 4.93. The van der Waals surface area contributed by atoms with E-state index in [2.05, 4.69) is 4.98 Å². The molecule has 0 bridgehead atoms. The molecule has 0 unspecified atom stereocenters. The van der Waals surface area contributed by atoms with Crippen molar-refractivity contribution in [1.29, 1.82) is 0 Å². The zero-order valence-corrected chi connectivity index (χ0v) is 8.71. The van der Waals surface area contributed by atoms with Crippen molar-refractivity contribution in [2.24, 2.45) is 0 Å². The second-order valence-electron chi connectivity index (χ2n) is 3.51. The minimum absolute atomic E-state index is 0.354. The lowest BCUT2D eigenvalue weighted by Gasteiger charge is -2.27. The summed E-state index contributed by atoms with van der Waals surface area (Å²) in [5.74, 6) is -0.354. The Labute approximate surface area is 95.9 Å². The van der Waals surface area contributed by atoms with Crippen LogP contribution in [0.25, 0.3) is 0 Å². The van der Waals surface area contributed by atoms with E-state index in [4.69, 9.17) is 9.84 Å². The molecule has 0 aliphatic carbocycles. The second kappa shape index (κ2) is 4.62. The molecule has 2 N–H and O–H groups in total. The molecule has 2 heterocycles. The molecule has 1 aromatic rings. The van der Waals surface area contributed by atoms with Gasteiger partial charge in [0.2, 0.25) is 6.23 Å². The third-order valence-corrected chi connectivity index (χ3v) is 2.43. The van der Waals surface area contributed by atoms with E-state index in [0.29, 0.717) is 0 Å². The number of aliphatic hydroxyl groups is 2. The molecular formula is C9H11N3O5. The maximum atomic E-state index is 10.7. The lowest BCUT2D eigenvalue weighted by molar-refractivity contribution is -0.398. The molecule has 0 radical (unpaired) electrons. The summed E-state index contributed by atoms with van der Waals surface area (Å²) in [4.78, 5) is 13.6. The van der Waals surface area contributed by atoms with Crippen molar-refractivity contribution < 1.29 is 19.9 Å². The van der Waals surface area contributed by atoms with Crippen LogP contribution in [0.1, 0.15) is 6.23 Å². The van der Waals surface area contributed by atoms with Gasteiger partial charge in [0.1, 0.15) is 24.6 Å². The number of aliphatic hydroxyl groups excluding tert-OH is 2. The van der Waals surface area contributed by atoms with Crippen molar-refractivity contribution in [1.82, 2.24) is 9.55 Å². The molecule has 0 spiro atoms. The Morgan fingerprint density at radius 3 is 3.00 bits per heavy atom. The third-order valence-electron chi connectivity index (χ3n) is 2.43. The molecule has 0 aromatic carbocycles.